The number of hydrogen-bond acceptors (Lipinski definition) is 5. The van der Waals surface area contributed by atoms with Crippen molar-refractivity contribution in [2.45, 2.75) is 79.2 Å². The first kappa shape index (κ1) is 26.5. The van der Waals surface area contributed by atoms with E-state index in [-0.39, 0.29) is 12.0 Å². The first-order chi connectivity index (χ1) is 18.0. The second-order valence-electron chi connectivity index (χ2n) is 9.63. The molecule has 7 nitrogen and oxygen atoms in total. The van der Waals surface area contributed by atoms with E-state index in [1.807, 2.05) is 33.0 Å². The Labute approximate surface area is 220 Å². The second-order valence-corrected chi connectivity index (χ2v) is 9.63. The molecule has 1 aliphatic carbocycles. The number of fused-ring (bicyclic) bond motifs is 1. The number of anilines is 3. The zero-order valence-electron chi connectivity index (χ0n) is 23.1. The molecule has 7 heteroatoms. The Bertz CT molecular complexity index is 1320. The van der Waals surface area contributed by atoms with Crippen molar-refractivity contribution in [1.29, 1.82) is 0 Å². The molecule has 0 N–H and O–H groups in total. The van der Waals surface area contributed by atoms with Crippen molar-refractivity contribution < 1.29 is 9.53 Å². The molecule has 0 unspecified atom stereocenters. The molecule has 2 fully saturated rings. The maximum Gasteiger partial charge on any atom is 0.308 e. The summed E-state index contributed by atoms with van der Waals surface area (Å²) >= 11 is 0. The number of rotatable bonds is 5. The van der Waals surface area contributed by atoms with Gasteiger partial charge in [0.1, 0.15) is 11.9 Å². The third kappa shape index (κ3) is 5.44. The van der Waals surface area contributed by atoms with Gasteiger partial charge in [0.15, 0.2) is 5.52 Å². The van der Waals surface area contributed by atoms with Crippen LogP contribution in [-0.2, 0) is 11.8 Å². The highest BCUT2D eigenvalue weighted by Gasteiger charge is 2.27. The van der Waals surface area contributed by atoms with E-state index in [1.54, 1.807) is 16.5 Å². The highest BCUT2D eigenvalue weighted by molar-refractivity contribution is 6.12. The predicted molar refractivity (Wildman–Crippen MR) is 151 cm³/mol. The Morgan fingerprint density at radius 2 is 1.73 bits per heavy atom. The lowest BCUT2D eigenvalue weighted by atomic mass is 10.1. The van der Waals surface area contributed by atoms with E-state index in [9.17, 15) is 4.79 Å². The molecule has 3 aromatic rings. The first-order valence-electron chi connectivity index (χ1n) is 13.6. The van der Waals surface area contributed by atoms with Gasteiger partial charge < -0.3 is 9.64 Å². The van der Waals surface area contributed by atoms with Gasteiger partial charge in [-0.25, -0.2) is 4.98 Å². The molecule has 0 bridgehead atoms. The average Bonchev–Trinajstić information content (AvgIpc) is 3.66. The molecule has 0 atom stereocenters. The van der Waals surface area contributed by atoms with Crippen molar-refractivity contribution in [3.8, 4) is 17.7 Å². The van der Waals surface area contributed by atoms with E-state index >= 15 is 0 Å². The van der Waals surface area contributed by atoms with Gasteiger partial charge >= 0.3 is 5.91 Å². The fourth-order valence-corrected chi connectivity index (χ4v) is 5.14. The Hall–Kier alpha value is -3.53. The number of nitrogens with zero attached hydrogens (tertiary/aromatic N) is 5. The largest absolute Gasteiger partial charge is 0.472 e. The van der Waals surface area contributed by atoms with E-state index in [0.29, 0.717) is 17.2 Å². The molecule has 2 aliphatic rings. The van der Waals surface area contributed by atoms with Gasteiger partial charge in [0, 0.05) is 20.1 Å². The number of pyridine rings is 1. The minimum Gasteiger partial charge on any atom is -0.472 e. The van der Waals surface area contributed by atoms with Crippen LogP contribution >= 0.6 is 0 Å². The lowest BCUT2D eigenvalue weighted by Gasteiger charge is -2.28. The van der Waals surface area contributed by atoms with Crippen molar-refractivity contribution in [3.05, 3.63) is 35.4 Å². The van der Waals surface area contributed by atoms with E-state index in [2.05, 4.69) is 47.8 Å². The van der Waals surface area contributed by atoms with Crippen molar-refractivity contribution in [1.82, 2.24) is 14.8 Å². The summed E-state index contributed by atoms with van der Waals surface area (Å²) in [6.07, 6.45) is 6.90. The molecule has 2 aromatic heterocycles. The third-order valence-electron chi connectivity index (χ3n) is 7.17. The van der Waals surface area contributed by atoms with Gasteiger partial charge in [-0.2, -0.15) is 0 Å². The number of carbonyl (C=O) groups is 1. The van der Waals surface area contributed by atoms with Crippen LogP contribution in [0, 0.1) is 25.7 Å². The van der Waals surface area contributed by atoms with Crippen LogP contribution in [0.2, 0.25) is 0 Å². The molecule has 5 rings (SSSR count). The average molecular weight is 502 g/mol. The molecule has 3 heterocycles. The van der Waals surface area contributed by atoms with Crippen LogP contribution in [0.4, 0.5) is 17.2 Å². The number of amides is 1. The number of hydrogen-bond donors (Lipinski definition) is 0. The number of benzene rings is 1. The minimum atomic E-state index is -0.301. The van der Waals surface area contributed by atoms with Crippen molar-refractivity contribution in [3.63, 3.8) is 0 Å². The molecule has 1 saturated heterocycles. The first-order valence-corrected chi connectivity index (χ1v) is 13.6. The highest BCUT2D eigenvalue weighted by atomic mass is 16.5. The Balaban J connectivity index is 0.00000156. The van der Waals surface area contributed by atoms with Crippen molar-refractivity contribution >= 4 is 34.1 Å². The molecular weight excluding hydrogens is 462 g/mol. The molecule has 37 heavy (non-hydrogen) atoms. The standard InChI is InChI=1S/C28H33N5O2.C2H6/c1-5-10-26(34)33(24-18-20(3)19(2)17-23(24)32-15-8-9-16-32)25-14-13-22-27(29-25)28(30-31(22)4)35-21-11-6-7-12-21;1-2/h13-14,17-18,21H,6-9,11-12,15-16H2,1-4H3;1-2H3. The molecule has 1 aliphatic heterocycles. The van der Waals surface area contributed by atoms with Crippen LogP contribution in [-0.4, -0.2) is 39.9 Å². The van der Waals surface area contributed by atoms with Gasteiger partial charge in [-0.1, -0.05) is 19.8 Å². The Morgan fingerprint density at radius 1 is 1.05 bits per heavy atom. The van der Waals surface area contributed by atoms with Gasteiger partial charge in [-0.15, -0.1) is 5.10 Å². The zero-order valence-corrected chi connectivity index (χ0v) is 23.1. The monoisotopic (exact) mass is 501 g/mol. The molecule has 0 radical (unpaired) electrons. The number of carbonyl (C=O) groups excluding carboxylic acids is 1. The number of aryl methyl sites for hydroxylation is 3. The SMILES string of the molecule is CC.CC#CC(=O)N(c1ccc2c(n1)c(OC1CCCC1)nn2C)c1cc(C)c(C)cc1N1CCCC1. The van der Waals surface area contributed by atoms with E-state index < -0.39 is 0 Å². The van der Waals surface area contributed by atoms with Crippen LogP contribution in [0.25, 0.3) is 11.0 Å². The van der Waals surface area contributed by atoms with Crippen molar-refractivity contribution in [2.75, 3.05) is 22.9 Å². The summed E-state index contributed by atoms with van der Waals surface area (Å²) in [5.41, 5.74) is 5.73. The molecule has 196 valence electrons. The van der Waals surface area contributed by atoms with Gasteiger partial charge in [0.25, 0.3) is 5.88 Å². The second kappa shape index (κ2) is 11.7. The summed E-state index contributed by atoms with van der Waals surface area (Å²) in [4.78, 5) is 22.4. The minimum absolute atomic E-state index is 0.170. The number of ether oxygens (including phenoxy) is 1. The van der Waals surface area contributed by atoms with Crippen LogP contribution in [0.15, 0.2) is 24.3 Å². The van der Waals surface area contributed by atoms with Crippen LogP contribution in [0.1, 0.15) is 70.4 Å². The molecule has 1 amide bonds. The normalized spacial score (nSPS) is 15.2. The van der Waals surface area contributed by atoms with E-state index in [4.69, 9.17) is 9.72 Å². The van der Waals surface area contributed by atoms with Crippen molar-refractivity contribution in [2.24, 2.45) is 7.05 Å². The molecule has 1 aromatic carbocycles. The van der Waals surface area contributed by atoms with Crippen LogP contribution < -0.4 is 14.5 Å². The summed E-state index contributed by atoms with van der Waals surface area (Å²) in [5, 5.41) is 4.61. The van der Waals surface area contributed by atoms with Gasteiger partial charge in [-0.05, 0) is 101 Å². The van der Waals surface area contributed by atoms with Crippen LogP contribution in [0.3, 0.4) is 0 Å². The molecule has 1 saturated carbocycles. The number of aromatic nitrogens is 3. The predicted octanol–water partition coefficient (Wildman–Crippen LogP) is 6.22. The Morgan fingerprint density at radius 3 is 2.41 bits per heavy atom. The van der Waals surface area contributed by atoms with Gasteiger partial charge in [0.2, 0.25) is 0 Å². The maximum absolute atomic E-state index is 13.5. The van der Waals surface area contributed by atoms with Gasteiger partial charge in [-0.3, -0.25) is 14.4 Å². The lowest BCUT2D eigenvalue weighted by Crippen LogP contribution is -2.29. The topological polar surface area (TPSA) is 63.5 Å². The molecule has 0 spiro atoms. The molecular formula is C30H39N5O2. The van der Waals surface area contributed by atoms with Gasteiger partial charge in [0.05, 0.1) is 16.9 Å². The Kier molecular flexibility index (Phi) is 8.38. The summed E-state index contributed by atoms with van der Waals surface area (Å²) in [6, 6.07) is 8.11. The lowest BCUT2D eigenvalue weighted by molar-refractivity contribution is -0.112. The fraction of sp³-hybridized carbons (Fsp3) is 0.500. The van der Waals surface area contributed by atoms with E-state index in [0.717, 1.165) is 61.2 Å². The maximum atomic E-state index is 13.5. The zero-order chi connectivity index (χ0) is 26.5. The summed E-state index contributed by atoms with van der Waals surface area (Å²) < 4.78 is 8.06. The van der Waals surface area contributed by atoms with Crippen LogP contribution in [0.5, 0.6) is 5.88 Å². The smallest absolute Gasteiger partial charge is 0.308 e. The quantitative estimate of drug-likeness (QED) is 0.388. The summed E-state index contributed by atoms with van der Waals surface area (Å²) in [7, 11) is 1.89. The summed E-state index contributed by atoms with van der Waals surface area (Å²) in [6.45, 7) is 11.8. The summed E-state index contributed by atoms with van der Waals surface area (Å²) in [5.74, 6) is 6.29. The van der Waals surface area contributed by atoms with E-state index in [1.165, 1.54) is 18.4 Å². The third-order valence-corrected chi connectivity index (χ3v) is 7.17. The fourth-order valence-electron chi connectivity index (χ4n) is 5.14. The highest BCUT2D eigenvalue weighted by Crippen LogP contribution is 2.39.